The number of alkyl carbamates (subject to hydrolysis) is 2. The summed E-state index contributed by atoms with van der Waals surface area (Å²) in [6.45, 7) is 4.62. The minimum absolute atomic E-state index is 0.0103. The summed E-state index contributed by atoms with van der Waals surface area (Å²) in [6.07, 6.45) is 2.91. The highest BCUT2D eigenvalue weighted by molar-refractivity contribution is 5.86. The molecule has 43 heavy (non-hydrogen) atoms. The number of fused-ring (bicyclic) bond motifs is 2. The molecule has 2 fully saturated rings. The van der Waals surface area contributed by atoms with Crippen molar-refractivity contribution in [2.45, 2.75) is 50.2 Å². The molecular weight excluding hydrogens is 544 g/mol. The lowest BCUT2D eigenvalue weighted by Gasteiger charge is -2.21. The molecule has 10 nitrogen and oxygen atoms in total. The van der Waals surface area contributed by atoms with E-state index in [0.717, 1.165) is 57.4 Å². The third kappa shape index (κ3) is 6.75. The number of nitrogens with one attached hydrogen (secondary N) is 3. The average Bonchev–Trinajstić information content (AvgIpc) is 3.73. The summed E-state index contributed by atoms with van der Waals surface area (Å²) in [5, 5.41) is 7.09. The number of benzene rings is 2. The predicted octanol–water partition coefficient (Wildman–Crippen LogP) is 3.63. The van der Waals surface area contributed by atoms with Crippen LogP contribution in [0, 0.1) is 0 Å². The minimum atomic E-state index is -0.331. The summed E-state index contributed by atoms with van der Waals surface area (Å²) < 4.78 is 10.2. The molecule has 3 aliphatic heterocycles. The molecule has 0 spiro atoms. The summed E-state index contributed by atoms with van der Waals surface area (Å²) in [7, 11) is 8.51. The fourth-order valence-corrected chi connectivity index (χ4v) is 6.69. The quantitative estimate of drug-likeness (QED) is 0.297. The number of ether oxygens (including phenoxy) is 2. The Balaban J connectivity index is 1.27. The van der Waals surface area contributed by atoms with E-state index >= 15 is 0 Å². The molecule has 0 bridgehead atoms. The number of rotatable bonds is 12. The van der Waals surface area contributed by atoms with E-state index in [4.69, 9.17) is 9.47 Å². The van der Waals surface area contributed by atoms with Gasteiger partial charge < -0.3 is 39.8 Å². The van der Waals surface area contributed by atoms with Crippen LogP contribution < -0.4 is 15.5 Å². The van der Waals surface area contributed by atoms with Crippen LogP contribution >= 0.6 is 0 Å². The van der Waals surface area contributed by atoms with Gasteiger partial charge in [-0.1, -0.05) is 18.2 Å². The zero-order valence-electron chi connectivity index (χ0n) is 25.7. The van der Waals surface area contributed by atoms with Gasteiger partial charge in [-0.3, -0.25) is 0 Å². The molecule has 6 rings (SSSR count). The van der Waals surface area contributed by atoms with E-state index in [1.165, 1.54) is 39.0 Å². The summed E-state index contributed by atoms with van der Waals surface area (Å²) in [5.74, 6) is 0.441. The van der Waals surface area contributed by atoms with Crippen molar-refractivity contribution in [3.63, 3.8) is 0 Å². The van der Waals surface area contributed by atoms with Crippen molar-refractivity contribution in [1.82, 2.24) is 25.4 Å². The second-order valence-electron chi connectivity index (χ2n) is 12.9. The normalized spacial score (nSPS) is 21.4. The highest BCUT2D eigenvalue weighted by atomic mass is 16.6. The lowest BCUT2D eigenvalue weighted by atomic mass is 9.94. The van der Waals surface area contributed by atoms with Crippen LogP contribution in [0.1, 0.15) is 40.3 Å². The van der Waals surface area contributed by atoms with Crippen LogP contribution in [0.15, 0.2) is 36.4 Å². The van der Waals surface area contributed by atoms with E-state index in [0.29, 0.717) is 19.1 Å². The number of likely N-dealkylation sites (N-methyl/N-ethyl adjacent to an activating group) is 1. The maximum Gasteiger partial charge on any atom is 0.407 e. The van der Waals surface area contributed by atoms with Crippen molar-refractivity contribution in [3.05, 3.63) is 64.3 Å². The Morgan fingerprint density at radius 3 is 2.14 bits per heavy atom. The lowest BCUT2D eigenvalue weighted by Crippen LogP contribution is -2.28. The Kier molecular flexibility index (Phi) is 8.50. The van der Waals surface area contributed by atoms with Gasteiger partial charge >= 0.3 is 12.2 Å². The Morgan fingerprint density at radius 2 is 1.51 bits per heavy atom. The Morgan fingerprint density at radius 1 is 0.860 bits per heavy atom. The van der Waals surface area contributed by atoms with E-state index in [-0.39, 0.29) is 24.3 Å². The van der Waals surface area contributed by atoms with Crippen molar-refractivity contribution in [2.75, 3.05) is 65.9 Å². The molecule has 3 N–H and O–H groups in total. The van der Waals surface area contributed by atoms with Crippen molar-refractivity contribution >= 4 is 28.8 Å². The molecule has 3 aromatic rings. The van der Waals surface area contributed by atoms with Gasteiger partial charge in [-0.15, -0.1) is 0 Å². The number of hydrogen-bond donors (Lipinski definition) is 3. The number of nitrogens with zero attached hydrogens (tertiary/aromatic N) is 3. The number of carbonyl (C=O) groups is 2. The second-order valence-corrected chi connectivity index (χ2v) is 12.9. The third-order valence-electron chi connectivity index (χ3n) is 8.89. The van der Waals surface area contributed by atoms with Gasteiger partial charge in [0.05, 0.1) is 18.6 Å². The third-order valence-corrected chi connectivity index (χ3v) is 8.89. The first-order chi connectivity index (χ1) is 20.7. The summed E-state index contributed by atoms with van der Waals surface area (Å²) in [4.78, 5) is 33.9. The zero-order valence-corrected chi connectivity index (χ0v) is 25.7. The fourth-order valence-electron chi connectivity index (χ4n) is 6.69. The van der Waals surface area contributed by atoms with Gasteiger partial charge in [-0.25, -0.2) is 9.59 Å². The first-order valence-electron chi connectivity index (χ1n) is 15.4. The minimum Gasteiger partial charge on any atom is -0.447 e. The van der Waals surface area contributed by atoms with Crippen LogP contribution in [0.3, 0.4) is 0 Å². The molecule has 0 aliphatic carbocycles. The summed E-state index contributed by atoms with van der Waals surface area (Å²) in [5.41, 5.74) is 8.92. The molecule has 3 aliphatic rings. The molecule has 1 unspecified atom stereocenters. The van der Waals surface area contributed by atoms with Gasteiger partial charge in [0, 0.05) is 41.3 Å². The SMILES string of the molecule is CN(C)CCc1c(CN2CC(CCN(C)C)c3cc(C[C@H]4COC(=O)N4)ccc32)[nH]c2ccc(C[C@H]3COC(=O)N3)cc12. The Labute approximate surface area is 253 Å². The van der Waals surface area contributed by atoms with Gasteiger partial charge in [0.2, 0.25) is 0 Å². The van der Waals surface area contributed by atoms with E-state index in [1.807, 2.05) is 0 Å². The van der Waals surface area contributed by atoms with Crippen LogP contribution in [-0.2, 0) is 35.3 Å². The summed E-state index contributed by atoms with van der Waals surface area (Å²) in [6, 6.07) is 13.5. The number of cyclic esters (lactones) is 2. The first kappa shape index (κ1) is 29.3. The van der Waals surface area contributed by atoms with Crippen LogP contribution in [0.25, 0.3) is 10.9 Å². The molecule has 1 aromatic heterocycles. The maximum atomic E-state index is 11.6. The fraction of sp³-hybridized carbons (Fsp3) is 0.515. The second kappa shape index (κ2) is 12.5. The average molecular weight is 589 g/mol. The maximum absolute atomic E-state index is 11.6. The van der Waals surface area contributed by atoms with Gasteiger partial charge in [-0.2, -0.15) is 0 Å². The number of aromatic amines is 1. The van der Waals surface area contributed by atoms with Gasteiger partial charge in [-0.05, 0) is 101 Å². The van der Waals surface area contributed by atoms with Crippen LogP contribution in [0.2, 0.25) is 0 Å². The van der Waals surface area contributed by atoms with Crippen LogP contribution in [-0.4, -0.2) is 100 Å². The van der Waals surface area contributed by atoms with E-state index in [1.54, 1.807) is 0 Å². The molecule has 2 amide bonds. The molecule has 3 atom stereocenters. The zero-order chi connectivity index (χ0) is 30.1. The number of H-pyrrole nitrogens is 1. The molecule has 4 heterocycles. The molecule has 2 saturated heterocycles. The Bertz CT molecular complexity index is 1480. The molecule has 10 heteroatoms. The highest BCUT2D eigenvalue weighted by Gasteiger charge is 2.31. The number of amides is 2. The van der Waals surface area contributed by atoms with Gasteiger partial charge in [0.25, 0.3) is 0 Å². The van der Waals surface area contributed by atoms with Crippen molar-refractivity contribution in [2.24, 2.45) is 0 Å². The number of anilines is 1. The van der Waals surface area contributed by atoms with Crippen LogP contribution in [0.4, 0.5) is 15.3 Å². The topological polar surface area (TPSA) is 102 Å². The largest absolute Gasteiger partial charge is 0.447 e. The van der Waals surface area contributed by atoms with E-state index in [9.17, 15) is 9.59 Å². The van der Waals surface area contributed by atoms with Crippen molar-refractivity contribution < 1.29 is 19.1 Å². The predicted molar refractivity (Wildman–Crippen MR) is 168 cm³/mol. The number of aromatic nitrogens is 1. The summed E-state index contributed by atoms with van der Waals surface area (Å²) >= 11 is 0. The first-order valence-corrected chi connectivity index (χ1v) is 15.4. The number of carbonyl (C=O) groups excluding carboxylic acids is 2. The standard InChI is InChI=1S/C33H44N6O4/c1-37(2)11-9-23-17-39(31-8-6-22(15-27(23)31)14-25-20-43-33(41)35-25)18-30-26(10-12-38(3)4)28-16-21(5-7-29(28)36-30)13-24-19-42-32(40)34-24/h5-8,15-16,23-25,36H,9-14,17-20H2,1-4H3,(H,34,40)(H,35,41)/t23?,24-,25-/m0/s1. The van der Waals surface area contributed by atoms with E-state index in [2.05, 4.69) is 94.9 Å². The van der Waals surface area contributed by atoms with Crippen molar-refractivity contribution in [1.29, 1.82) is 0 Å². The highest BCUT2D eigenvalue weighted by Crippen LogP contribution is 2.40. The molecule has 230 valence electrons. The number of hydrogen-bond acceptors (Lipinski definition) is 7. The van der Waals surface area contributed by atoms with E-state index < -0.39 is 0 Å². The van der Waals surface area contributed by atoms with Gasteiger partial charge in [0.1, 0.15) is 13.2 Å². The molecule has 0 radical (unpaired) electrons. The molecule has 2 aromatic carbocycles. The molecule has 0 saturated carbocycles. The molecular formula is C33H44N6O4. The van der Waals surface area contributed by atoms with Crippen molar-refractivity contribution in [3.8, 4) is 0 Å². The lowest BCUT2D eigenvalue weighted by molar-refractivity contribution is 0.176. The van der Waals surface area contributed by atoms with Crippen LogP contribution in [0.5, 0.6) is 0 Å². The smallest absolute Gasteiger partial charge is 0.407 e. The van der Waals surface area contributed by atoms with Gasteiger partial charge in [0.15, 0.2) is 0 Å². The monoisotopic (exact) mass is 588 g/mol. The Hall–Kier alpha value is -3.76.